The number of nitrogens with one attached hydrogen (secondary N) is 1. The lowest BCUT2D eigenvalue weighted by Crippen LogP contribution is -2.26. The van der Waals surface area contributed by atoms with Crippen molar-refractivity contribution in [1.29, 1.82) is 0 Å². The first-order chi connectivity index (χ1) is 12.0. The molecule has 1 aromatic carbocycles. The van der Waals surface area contributed by atoms with E-state index < -0.39 is 22.1 Å². The molecule has 0 aliphatic rings. The van der Waals surface area contributed by atoms with Crippen molar-refractivity contribution in [3.8, 4) is 11.4 Å². The van der Waals surface area contributed by atoms with Crippen LogP contribution in [0.4, 0.5) is 4.39 Å². The lowest BCUT2D eigenvalue weighted by Gasteiger charge is -2.12. The molecule has 0 saturated carbocycles. The molecule has 0 bridgehead atoms. The Morgan fingerprint density at radius 3 is 2.60 bits per heavy atom. The fourth-order valence-corrected chi connectivity index (χ4v) is 3.35. The van der Waals surface area contributed by atoms with Gasteiger partial charge in [0.1, 0.15) is 24.7 Å². The van der Waals surface area contributed by atoms with E-state index in [-0.39, 0.29) is 28.5 Å². The largest absolute Gasteiger partial charge is 0.491 e. The summed E-state index contributed by atoms with van der Waals surface area (Å²) >= 11 is 0. The zero-order valence-electron chi connectivity index (χ0n) is 13.4. The first-order valence-corrected chi connectivity index (χ1v) is 9.25. The van der Waals surface area contributed by atoms with Crippen LogP contribution in [0.25, 0.3) is 16.7 Å². The van der Waals surface area contributed by atoms with E-state index in [1.165, 1.54) is 25.3 Å². The number of sulfone groups is 1. The second-order valence-electron chi connectivity index (χ2n) is 5.21. The number of ether oxygens (including phenoxy) is 1. The number of benzene rings is 1. The second-order valence-corrected chi connectivity index (χ2v) is 7.38. The smallest absolute Gasteiger partial charge is 0.268 e. The topological polar surface area (TPSA) is 94.0 Å². The van der Waals surface area contributed by atoms with Crippen LogP contribution in [0.2, 0.25) is 0 Å². The van der Waals surface area contributed by atoms with E-state index >= 15 is 0 Å². The second kappa shape index (κ2) is 6.67. The van der Waals surface area contributed by atoms with Gasteiger partial charge in [-0.15, -0.1) is 0 Å². The van der Waals surface area contributed by atoms with E-state index in [0.717, 1.165) is 4.57 Å². The normalized spacial score (nSPS) is 11.8. The number of fused-ring (bicyclic) bond motifs is 1. The number of hydrogen-bond donors (Lipinski definition) is 1. The van der Waals surface area contributed by atoms with Gasteiger partial charge in [-0.25, -0.2) is 17.8 Å². The SMILES string of the molecule is CCS(=O)(=O)c1nc2[nH]ccc2c(=O)n1-c1ccc(OCCF)cc1. The lowest BCUT2D eigenvalue weighted by molar-refractivity contribution is 0.273. The Morgan fingerprint density at radius 1 is 1.24 bits per heavy atom. The van der Waals surface area contributed by atoms with E-state index in [2.05, 4.69) is 9.97 Å². The minimum Gasteiger partial charge on any atom is -0.491 e. The predicted molar refractivity (Wildman–Crippen MR) is 90.9 cm³/mol. The summed E-state index contributed by atoms with van der Waals surface area (Å²) in [4.78, 5) is 19.7. The Bertz CT molecular complexity index is 1060. The summed E-state index contributed by atoms with van der Waals surface area (Å²) in [6, 6.07) is 7.69. The monoisotopic (exact) mass is 365 g/mol. The van der Waals surface area contributed by atoms with Crippen molar-refractivity contribution in [2.24, 2.45) is 0 Å². The summed E-state index contributed by atoms with van der Waals surface area (Å²) in [5.74, 6) is 0.230. The van der Waals surface area contributed by atoms with Crippen LogP contribution in [0.5, 0.6) is 5.75 Å². The summed E-state index contributed by atoms with van der Waals surface area (Å²) in [7, 11) is -3.74. The zero-order valence-corrected chi connectivity index (χ0v) is 14.2. The maximum absolute atomic E-state index is 12.8. The van der Waals surface area contributed by atoms with Crippen LogP contribution in [0.3, 0.4) is 0 Å². The van der Waals surface area contributed by atoms with Crippen molar-refractivity contribution in [3.05, 3.63) is 46.9 Å². The van der Waals surface area contributed by atoms with Gasteiger partial charge >= 0.3 is 0 Å². The molecule has 0 amide bonds. The van der Waals surface area contributed by atoms with Gasteiger partial charge < -0.3 is 9.72 Å². The molecule has 3 aromatic rings. The Morgan fingerprint density at radius 2 is 1.96 bits per heavy atom. The fourth-order valence-electron chi connectivity index (χ4n) is 2.39. The van der Waals surface area contributed by atoms with Crippen LogP contribution in [0.1, 0.15) is 6.92 Å². The van der Waals surface area contributed by atoms with Gasteiger partial charge in [-0.1, -0.05) is 6.92 Å². The van der Waals surface area contributed by atoms with Crippen molar-refractivity contribution in [2.45, 2.75) is 12.1 Å². The number of H-pyrrole nitrogens is 1. The van der Waals surface area contributed by atoms with Gasteiger partial charge in [0.25, 0.3) is 5.56 Å². The van der Waals surface area contributed by atoms with Crippen LogP contribution in [0.15, 0.2) is 46.5 Å². The van der Waals surface area contributed by atoms with Gasteiger partial charge in [0.15, 0.2) is 0 Å². The molecule has 0 spiro atoms. The van der Waals surface area contributed by atoms with Crippen molar-refractivity contribution < 1.29 is 17.5 Å². The van der Waals surface area contributed by atoms with Gasteiger partial charge in [-0.05, 0) is 30.3 Å². The number of nitrogens with zero attached hydrogens (tertiary/aromatic N) is 2. The van der Waals surface area contributed by atoms with E-state index in [1.807, 2.05) is 0 Å². The molecule has 0 fully saturated rings. The van der Waals surface area contributed by atoms with Crippen molar-refractivity contribution in [1.82, 2.24) is 14.5 Å². The molecule has 1 N–H and O–H groups in total. The maximum Gasteiger partial charge on any atom is 0.268 e. The third-order valence-electron chi connectivity index (χ3n) is 3.66. The summed E-state index contributed by atoms with van der Waals surface area (Å²) < 4.78 is 43.2. The number of aromatic nitrogens is 3. The highest BCUT2D eigenvalue weighted by molar-refractivity contribution is 7.91. The molecule has 132 valence electrons. The van der Waals surface area contributed by atoms with E-state index in [1.54, 1.807) is 18.2 Å². The Kier molecular flexibility index (Phi) is 4.58. The van der Waals surface area contributed by atoms with Gasteiger partial charge in [0, 0.05) is 6.20 Å². The molecule has 0 unspecified atom stereocenters. The first kappa shape index (κ1) is 17.2. The number of rotatable bonds is 6. The average molecular weight is 365 g/mol. The quantitative estimate of drug-likeness (QED) is 0.673. The van der Waals surface area contributed by atoms with Crippen LogP contribution < -0.4 is 10.3 Å². The minimum atomic E-state index is -3.74. The molecule has 2 aromatic heterocycles. The molecule has 0 saturated heterocycles. The van der Waals surface area contributed by atoms with Crippen molar-refractivity contribution in [3.63, 3.8) is 0 Å². The number of halogens is 1. The minimum absolute atomic E-state index is 0.0778. The number of aromatic amines is 1. The molecular formula is C16H16FN3O4S. The first-order valence-electron chi connectivity index (χ1n) is 7.60. The zero-order chi connectivity index (χ0) is 18.0. The third kappa shape index (κ3) is 3.14. The number of hydrogen-bond acceptors (Lipinski definition) is 5. The highest BCUT2D eigenvalue weighted by Gasteiger charge is 2.23. The van der Waals surface area contributed by atoms with E-state index in [4.69, 9.17) is 4.74 Å². The maximum atomic E-state index is 12.8. The predicted octanol–water partition coefficient (Wildman–Crippen LogP) is 1.86. The standard InChI is InChI=1S/C16H16FN3O4S/c1-2-25(22,23)16-19-14-13(7-9-18-14)15(21)20(16)11-3-5-12(6-4-11)24-10-8-17/h3-7,9,18H,2,8,10H2,1H3. The molecule has 2 heterocycles. The Hall–Kier alpha value is -2.68. The highest BCUT2D eigenvalue weighted by atomic mass is 32.2. The summed E-state index contributed by atoms with van der Waals surface area (Å²) in [6.07, 6.45) is 1.53. The van der Waals surface area contributed by atoms with Crippen molar-refractivity contribution in [2.75, 3.05) is 19.0 Å². The van der Waals surface area contributed by atoms with Gasteiger partial charge in [-0.3, -0.25) is 9.36 Å². The van der Waals surface area contributed by atoms with Gasteiger partial charge in [0.2, 0.25) is 15.0 Å². The molecule has 0 aliphatic carbocycles. The third-order valence-corrected chi connectivity index (χ3v) is 5.25. The molecule has 9 heteroatoms. The van der Waals surface area contributed by atoms with Gasteiger partial charge in [0.05, 0.1) is 16.8 Å². The van der Waals surface area contributed by atoms with Crippen LogP contribution in [-0.2, 0) is 9.84 Å². The molecule has 0 aliphatic heterocycles. The Balaban J connectivity index is 2.22. The molecule has 7 nitrogen and oxygen atoms in total. The van der Waals surface area contributed by atoms with Crippen LogP contribution in [0, 0.1) is 0 Å². The molecule has 0 atom stereocenters. The van der Waals surface area contributed by atoms with E-state index in [9.17, 15) is 17.6 Å². The van der Waals surface area contributed by atoms with Crippen LogP contribution in [-0.4, -0.2) is 42.0 Å². The summed E-state index contributed by atoms with van der Waals surface area (Å²) in [5.41, 5.74) is 0.0621. The molecule has 0 radical (unpaired) electrons. The fraction of sp³-hybridized carbons (Fsp3) is 0.250. The highest BCUT2D eigenvalue weighted by Crippen LogP contribution is 2.19. The molecular weight excluding hydrogens is 349 g/mol. The van der Waals surface area contributed by atoms with Gasteiger partial charge in [-0.2, -0.15) is 0 Å². The molecule has 25 heavy (non-hydrogen) atoms. The summed E-state index contributed by atoms with van der Waals surface area (Å²) in [6.45, 7) is 0.790. The lowest BCUT2D eigenvalue weighted by atomic mass is 10.3. The average Bonchev–Trinajstić information content (AvgIpc) is 3.09. The number of alkyl halides is 1. The van der Waals surface area contributed by atoms with E-state index in [0.29, 0.717) is 11.4 Å². The molecule has 3 rings (SSSR count). The van der Waals surface area contributed by atoms with Crippen LogP contribution >= 0.6 is 0 Å². The summed E-state index contributed by atoms with van der Waals surface area (Å²) in [5, 5.41) is -0.0415. The van der Waals surface area contributed by atoms with Crippen molar-refractivity contribution >= 4 is 20.9 Å². The Labute approximate surface area is 143 Å².